The molecule has 1 saturated heterocycles. The second-order valence-electron chi connectivity index (χ2n) is 9.00. The summed E-state index contributed by atoms with van der Waals surface area (Å²) in [6.07, 6.45) is 0.186. The van der Waals surface area contributed by atoms with Crippen molar-refractivity contribution in [1.82, 2.24) is 9.13 Å². The van der Waals surface area contributed by atoms with Crippen molar-refractivity contribution in [2.45, 2.75) is 77.2 Å². The average Bonchev–Trinajstić information content (AvgIpc) is 3.02. The molecule has 3 atom stereocenters. The molecule has 0 aliphatic carbocycles. The molecule has 30 heavy (non-hydrogen) atoms. The number of ether oxygens (including phenoxy) is 1. The quantitative estimate of drug-likeness (QED) is 0.298. The standard InChI is InChI=1S/C18H29N5O6Si/c1-11-8-22(17(27)23(16(11)26)9-15(24)25)14-7-12(20-21-19)13(29-14)10-28-30(5,6)18(2,3)4/h8,12-14H,7,9-10H2,1-6H3,(H,24,25)/t12-,13+,14+/m0/s1. The van der Waals surface area contributed by atoms with Crippen molar-refractivity contribution in [3.05, 3.63) is 43.0 Å². The summed E-state index contributed by atoms with van der Waals surface area (Å²) in [4.78, 5) is 38.9. The van der Waals surface area contributed by atoms with E-state index in [1.807, 2.05) is 0 Å². The van der Waals surface area contributed by atoms with Crippen molar-refractivity contribution in [3.63, 3.8) is 0 Å². The molecule has 0 unspecified atom stereocenters. The highest BCUT2D eigenvalue weighted by Gasteiger charge is 2.41. The Morgan fingerprint density at radius 1 is 1.43 bits per heavy atom. The third-order valence-electron chi connectivity index (χ3n) is 5.79. The van der Waals surface area contributed by atoms with Gasteiger partial charge in [0.05, 0.1) is 18.8 Å². The largest absolute Gasteiger partial charge is 0.480 e. The number of azide groups is 1. The van der Waals surface area contributed by atoms with Crippen LogP contribution in [0.15, 0.2) is 20.9 Å². The molecule has 1 aromatic rings. The monoisotopic (exact) mass is 439 g/mol. The average molecular weight is 440 g/mol. The number of rotatable bonds is 7. The fourth-order valence-corrected chi connectivity index (χ4v) is 3.98. The molecule has 0 radical (unpaired) electrons. The fourth-order valence-electron chi connectivity index (χ4n) is 2.97. The van der Waals surface area contributed by atoms with Crippen molar-refractivity contribution >= 4 is 14.3 Å². The summed E-state index contributed by atoms with van der Waals surface area (Å²) < 4.78 is 14.0. The van der Waals surface area contributed by atoms with Crippen LogP contribution in [0.2, 0.25) is 18.1 Å². The molecule has 12 heteroatoms. The molecule has 0 aromatic carbocycles. The summed E-state index contributed by atoms with van der Waals surface area (Å²) in [5, 5.41) is 12.8. The van der Waals surface area contributed by atoms with Crippen molar-refractivity contribution in [2.24, 2.45) is 5.11 Å². The Hall–Kier alpha value is -2.40. The first-order valence-corrected chi connectivity index (χ1v) is 12.6. The van der Waals surface area contributed by atoms with Crippen LogP contribution in [0.25, 0.3) is 10.4 Å². The van der Waals surface area contributed by atoms with Crippen molar-refractivity contribution in [1.29, 1.82) is 0 Å². The van der Waals surface area contributed by atoms with Gasteiger partial charge in [0.2, 0.25) is 0 Å². The second kappa shape index (κ2) is 8.76. The van der Waals surface area contributed by atoms with E-state index in [2.05, 4.69) is 43.9 Å². The van der Waals surface area contributed by atoms with E-state index >= 15 is 0 Å². The molecule has 1 N–H and O–H groups in total. The van der Waals surface area contributed by atoms with Crippen LogP contribution in [-0.4, -0.2) is 47.3 Å². The Balaban J connectivity index is 2.34. The molecule has 0 saturated carbocycles. The van der Waals surface area contributed by atoms with Crippen molar-refractivity contribution in [2.75, 3.05) is 6.61 Å². The van der Waals surface area contributed by atoms with Gasteiger partial charge in [0, 0.05) is 23.1 Å². The van der Waals surface area contributed by atoms with E-state index in [4.69, 9.17) is 19.8 Å². The van der Waals surface area contributed by atoms with Crippen molar-refractivity contribution in [3.8, 4) is 0 Å². The lowest BCUT2D eigenvalue weighted by Gasteiger charge is -2.37. The van der Waals surface area contributed by atoms with E-state index < -0.39 is 50.5 Å². The molecule has 0 bridgehead atoms. The minimum atomic E-state index is -2.07. The molecule has 11 nitrogen and oxygen atoms in total. The minimum Gasteiger partial charge on any atom is -0.480 e. The highest BCUT2D eigenvalue weighted by molar-refractivity contribution is 6.74. The number of hydrogen-bond donors (Lipinski definition) is 1. The number of carbonyl (C=O) groups is 1. The molecule has 2 rings (SSSR count). The zero-order valence-electron chi connectivity index (χ0n) is 18.2. The first-order valence-electron chi connectivity index (χ1n) is 9.66. The van der Waals surface area contributed by atoms with E-state index in [9.17, 15) is 14.4 Å². The lowest BCUT2D eigenvalue weighted by Crippen LogP contribution is -2.44. The van der Waals surface area contributed by atoms with E-state index in [0.717, 1.165) is 0 Å². The topological polar surface area (TPSA) is 149 Å². The first kappa shape index (κ1) is 23.9. The molecule has 0 amide bonds. The first-order chi connectivity index (χ1) is 13.8. The van der Waals surface area contributed by atoms with Crippen LogP contribution in [0.5, 0.6) is 0 Å². The molecule has 0 spiro atoms. The lowest BCUT2D eigenvalue weighted by atomic mass is 10.1. The maximum absolute atomic E-state index is 12.7. The summed E-state index contributed by atoms with van der Waals surface area (Å²) in [7, 11) is -2.07. The molecular formula is C18H29N5O6Si. The summed E-state index contributed by atoms with van der Waals surface area (Å²) in [6, 6.07) is -0.558. The third-order valence-corrected chi connectivity index (χ3v) is 10.3. The Bertz CT molecular complexity index is 973. The zero-order valence-corrected chi connectivity index (χ0v) is 19.2. The predicted molar refractivity (Wildman–Crippen MR) is 112 cm³/mol. The van der Waals surface area contributed by atoms with Crippen molar-refractivity contribution < 1.29 is 19.1 Å². The number of hydrogen-bond acceptors (Lipinski definition) is 6. The van der Waals surface area contributed by atoms with Gasteiger partial charge in [0.25, 0.3) is 5.56 Å². The van der Waals surface area contributed by atoms with Crippen LogP contribution in [0.1, 0.15) is 39.0 Å². The van der Waals surface area contributed by atoms with Crippen LogP contribution in [-0.2, 0) is 20.5 Å². The Morgan fingerprint density at radius 3 is 2.60 bits per heavy atom. The van der Waals surface area contributed by atoms with Gasteiger partial charge in [-0.05, 0) is 30.6 Å². The van der Waals surface area contributed by atoms with Gasteiger partial charge in [0.15, 0.2) is 8.32 Å². The normalized spacial score (nSPS) is 22.0. The molecule has 1 aliphatic rings. The smallest absolute Gasteiger partial charge is 0.333 e. The maximum atomic E-state index is 12.7. The minimum absolute atomic E-state index is 0.0145. The summed E-state index contributed by atoms with van der Waals surface area (Å²) in [5.74, 6) is -1.30. The highest BCUT2D eigenvalue weighted by atomic mass is 28.4. The molecule has 166 valence electrons. The number of nitrogens with zero attached hydrogens (tertiary/aromatic N) is 5. The highest BCUT2D eigenvalue weighted by Crippen LogP contribution is 2.38. The van der Waals surface area contributed by atoms with Gasteiger partial charge in [-0.3, -0.25) is 14.2 Å². The molecule has 1 aliphatic heterocycles. The molecule has 1 fully saturated rings. The number of aromatic nitrogens is 2. The number of aryl methyl sites for hydroxylation is 1. The van der Waals surface area contributed by atoms with Gasteiger partial charge in [-0.2, -0.15) is 0 Å². The molecule has 1 aromatic heterocycles. The van der Waals surface area contributed by atoms with Gasteiger partial charge in [0.1, 0.15) is 12.8 Å². The van der Waals surface area contributed by atoms with Crippen LogP contribution < -0.4 is 11.2 Å². The SMILES string of the molecule is Cc1cn([C@H]2C[C@H](N=[N+]=[N-])[C@@H](CO[Si](C)(C)C(C)(C)C)O2)c(=O)n(CC(=O)O)c1=O. The fraction of sp³-hybridized carbons (Fsp3) is 0.722. The summed E-state index contributed by atoms with van der Waals surface area (Å²) in [6.45, 7) is 11.5. The summed E-state index contributed by atoms with van der Waals surface area (Å²) in [5.41, 5.74) is 7.68. The van der Waals surface area contributed by atoms with E-state index in [0.29, 0.717) is 4.57 Å². The van der Waals surface area contributed by atoms with Gasteiger partial charge < -0.3 is 14.3 Å². The predicted octanol–water partition coefficient (Wildman–Crippen LogP) is 2.39. The van der Waals surface area contributed by atoms with Crippen LogP contribution in [0, 0.1) is 6.92 Å². The van der Waals surface area contributed by atoms with Crippen LogP contribution >= 0.6 is 0 Å². The number of carboxylic acids is 1. The van der Waals surface area contributed by atoms with E-state index in [-0.39, 0.29) is 23.6 Å². The number of aliphatic carboxylic acids is 1. The Morgan fingerprint density at radius 2 is 2.07 bits per heavy atom. The molecule has 2 heterocycles. The Kier molecular flexibility index (Phi) is 6.97. The summed E-state index contributed by atoms with van der Waals surface area (Å²) >= 11 is 0. The Labute approximate surface area is 175 Å². The number of carboxylic acid groups (broad SMARTS) is 1. The second-order valence-corrected chi connectivity index (χ2v) is 13.8. The third kappa shape index (κ3) is 5.01. The van der Waals surface area contributed by atoms with Gasteiger partial charge >= 0.3 is 11.7 Å². The van der Waals surface area contributed by atoms with Gasteiger partial charge in [-0.15, -0.1) is 0 Å². The van der Waals surface area contributed by atoms with Gasteiger partial charge in [-0.1, -0.05) is 25.9 Å². The maximum Gasteiger partial charge on any atom is 0.333 e. The lowest BCUT2D eigenvalue weighted by molar-refractivity contribution is -0.137. The van der Waals surface area contributed by atoms with Crippen LogP contribution in [0.4, 0.5) is 0 Å². The zero-order chi connectivity index (χ0) is 22.9. The van der Waals surface area contributed by atoms with Gasteiger partial charge in [-0.25, -0.2) is 9.36 Å². The van der Waals surface area contributed by atoms with Crippen LogP contribution in [0.3, 0.4) is 0 Å². The molecular weight excluding hydrogens is 410 g/mol. The van der Waals surface area contributed by atoms with E-state index in [1.54, 1.807) is 0 Å². The van der Waals surface area contributed by atoms with E-state index in [1.165, 1.54) is 17.7 Å².